The molecule has 7 heteroatoms. The highest BCUT2D eigenvalue weighted by Gasteiger charge is 2.22. The lowest BCUT2D eigenvalue weighted by atomic mass is 10.3. The van der Waals surface area contributed by atoms with Gasteiger partial charge in [0.2, 0.25) is 0 Å². The van der Waals surface area contributed by atoms with Crippen molar-refractivity contribution in [2.45, 2.75) is 4.90 Å². The van der Waals surface area contributed by atoms with E-state index in [4.69, 9.17) is 0 Å². The summed E-state index contributed by atoms with van der Waals surface area (Å²) in [4.78, 5) is -1.19. The summed E-state index contributed by atoms with van der Waals surface area (Å²) in [7, 11) is -5.17. The standard InChI is InChI=1S/C6H2BrF3O2S/c7-4-1-3(8)2-5(9)6(4)13(10,11)12/h1-2H. The van der Waals surface area contributed by atoms with Crippen LogP contribution < -0.4 is 0 Å². The van der Waals surface area contributed by atoms with Crippen molar-refractivity contribution in [2.24, 2.45) is 0 Å². The second-order valence-corrected chi connectivity index (χ2v) is 4.27. The summed E-state index contributed by atoms with van der Waals surface area (Å²) in [6.45, 7) is 0. The zero-order valence-electron chi connectivity index (χ0n) is 5.89. The Morgan fingerprint density at radius 2 is 1.77 bits per heavy atom. The van der Waals surface area contributed by atoms with E-state index in [1.807, 2.05) is 0 Å². The zero-order chi connectivity index (χ0) is 10.2. The Kier molecular flexibility index (Phi) is 2.67. The monoisotopic (exact) mass is 274 g/mol. The molecule has 0 spiro atoms. The first-order chi connectivity index (χ1) is 5.82. The Morgan fingerprint density at radius 1 is 1.23 bits per heavy atom. The van der Waals surface area contributed by atoms with Crippen molar-refractivity contribution in [3.63, 3.8) is 0 Å². The van der Waals surface area contributed by atoms with Crippen molar-refractivity contribution < 1.29 is 21.1 Å². The van der Waals surface area contributed by atoms with Gasteiger partial charge in [-0.2, -0.15) is 8.42 Å². The maximum absolute atomic E-state index is 12.7. The molecule has 1 aromatic carbocycles. The van der Waals surface area contributed by atoms with Crippen LogP contribution in [0.5, 0.6) is 0 Å². The average Bonchev–Trinajstić information content (AvgIpc) is 1.78. The second-order valence-electron chi connectivity index (χ2n) is 2.14. The van der Waals surface area contributed by atoms with Crippen molar-refractivity contribution in [2.75, 3.05) is 0 Å². The Hall–Kier alpha value is -0.560. The summed E-state index contributed by atoms with van der Waals surface area (Å²) < 4.78 is 57.7. The van der Waals surface area contributed by atoms with Crippen molar-refractivity contribution in [1.82, 2.24) is 0 Å². The molecule has 0 radical (unpaired) electrons. The fraction of sp³-hybridized carbons (Fsp3) is 0. The molecule has 72 valence electrons. The molecule has 0 heterocycles. The quantitative estimate of drug-likeness (QED) is 0.737. The smallest absolute Gasteiger partial charge is 0.207 e. The number of hydrogen-bond acceptors (Lipinski definition) is 2. The van der Waals surface area contributed by atoms with Crippen LogP contribution in [0.25, 0.3) is 0 Å². The maximum Gasteiger partial charge on any atom is 0.336 e. The lowest BCUT2D eigenvalue weighted by Crippen LogP contribution is -1.98. The molecule has 0 N–H and O–H groups in total. The third kappa shape index (κ3) is 2.22. The van der Waals surface area contributed by atoms with Gasteiger partial charge in [-0.1, -0.05) is 0 Å². The Labute approximate surface area is 80.7 Å². The molecular formula is C6H2BrF3O2S. The predicted octanol–water partition coefficient (Wildman–Crippen LogP) is 2.39. The summed E-state index contributed by atoms with van der Waals surface area (Å²) in [5, 5.41) is 0. The number of halogens is 4. The maximum atomic E-state index is 12.7. The molecule has 0 aliphatic heterocycles. The van der Waals surface area contributed by atoms with E-state index >= 15 is 0 Å². The molecule has 0 fully saturated rings. The third-order valence-electron chi connectivity index (χ3n) is 1.21. The Bertz CT molecular complexity index is 420. The largest absolute Gasteiger partial charge is 0.336 e. The van der Waals surface area contributed by atoms with E-state index in [9.17, 15) is 21.1 Å². The van der Waals surface area contributed by atoms with Gasteiger partial charge in [0.1, 0.15) is 16.5 Å². The lowest BCUT2D eigenvalue weighted by molar-refractivity contribution is 0.524. The van der Waals surface area contributed by atoms with E-state index in [2.05, 4.69) is 15.9 Å². The van der Waals surface area contributed by atoms with Gasteiger partial charge in [0, 0.05) is 10.5 Å². The van der Waals surface area contributed by atoms with E-state index in [1.165, 1.54) is 0 Å². The van der Waals surface area contributed by atoms with Crippen LogP contribution in [0.3, 0.4) is 0 Å². The summed E-state index contributed by atoms with van der Waals surface area (Å²) in [5.74, 6) is -2.45. The van der Waals surface area contributed by atoms with Crippen LogP contribution in [-0.2, 0) is 10.2 Å². The van der Waals surface area contributed by atoms with Gasteiger partial charge in [-0.25, -0.2) is 8.78 Å². The van der Waals surface area contributed by atoms with Crippen molar-refractivity contribution in [3.8, 4) is 0 Å². The van der Waals surface area contributed by atoms with Crippen molar-refractivity contribution in [1.29, 1.82) is 0 Å². The first kappa shape index (κ1) is 10.5. The van der Waals surface area contributed by atoms with E-state index in [-0.39, 0.29) is 6.07 Å². The number of hydrogen-bond donors (Lipinski definition) is 0. The molecule has 0 aliphatic rings. The normalized spacial score (nSPS) is 11.7. The predicted molar refractivity (Wildman–Crippen MR) is 42.4 cm³/mol. The van der Waals surface area contributed by atoms with Crippen molar-refractivity contribution in [3.05, 3.63) is 28.2 Å². The molecule has 0 saturated carbocycles. The van der Waals surface area contributed by atoms with Crippen LogP contribution in [0, 0.1) is 11.6 Å². The fourth-order valence-corrected chi connectivity index (χ4v) is 2.33. The van der Waals surface area contributed by atoms with Crippen LogP contribution >= 0.6 is 15.9 Å². The molecular weight excluding hydrogens is 273 g/mol. The van der Waals surface area contributed by atoms with Gasteiger partial charge in [0.25, 0.3) is 0 Å². The van der Waals surface area contributed by atoms with E-state index in [0.717, 1.165) is 0 Å². The lowest BCUT2D eigenvalue weighted by Gasteiger charge is -2.00. The highest BCUT2D eigenvalue weighted by atomic mass is 79.9. The van der Waals surface area contributed by atoms with E-state index in [0.29, 0.717) is 6.07 Å². The number of rotatable bonds is 1. The van der Waals surface area contributed by atoms with Crippen molar-refractivity contribution >= 4 is 26.2 Å². The zero-order valence-corrected chi connectivity index (χ0v) is 8.29. The Balaban J connectivity index is 3.57. The van der Waals surface area contributed by atoms with E-state index < -0.39 is 31.2 Å². The molecule has 0 aromatic heterocycles. The van der Waals surface area contributed by atoms with Gasteiger partial charge in [0.05, 0.1) is 0 Å². The van der Waals surface area contributed by atoms with Crippen LogP contribution in [0.2, 0.25) is 0 Å². The van der Waals surface area contributed by atoms with Gasteiger partial charge in [0.15, 0.2) is 0 Å². The van der Waals surface area contributed by atoms with Gasteiger partial charge < -0.3 is 0 Å². The highest BCUT2D eigenvalue weighted by molar-refractivity contribution is 9.10. The molecule has 0 saturated heterocycles. The highest BCUT2D eigenvalue weighted by Crippen LogP contribution is 2.27. The van der Waals surface area contributed by atoms with Gasteiger partial charge >= 0.3 is 10.2 Å². The first-order valence-electron chi connectivity index (χ1n) is 2.91. The van der Waals surface area contributed by atoms with Gasteiger partial charge in [-0.05, 0) is 22.0 Å². The van der Waals surface area contributed by atoms with Crippen LogP contribution in [0.15, 0.2) is 21.5 Å². The van der Waals surface area contributed by atoms with E-state index in [1.54, 1.807) is 0 Å². The minimum atomic E-state index is -5.17. The van der Waals surface area contributed by atoms with Gasteiger partial charge in [-0.15, -0.1) is 3.89 Å². The summed E-state index contributed by atoms with van der Waals surface area (Å²) in [6, 6.07) is 0.951. The van der Waals surface area contributed by atoms with Gasteiger partial charge in [-0.3, -0.25) is 0 Å². The summed E-state index contributed by atoms with van der Waals surface area (Å²) in [6.07, 6.45) is 0. The molecule has 13 heavy (non-hydrogen) atoms. The number of benzene rings is 1. The molecule has 1 aromatic rings. The minimum Gasteiger partial charge on any atom is -0.207 e. The molecule has 0 bridgehead atoms. The molecule has 0 amide bonds. The topological polar surface area (TPSA) is 34.1 Å². The molecule has 0 unspecified atom stereocenters. The second kappa shape index (κ2) is 3.30. The Morgan fingerprint density at radius 3 is 2.15 bits per heavy atom. The summed E-state index contributed by atoms with van der Waals surface area (Å²) >= 11 is 2.53. The molecule has 1 rings (SSSR count). The molecule has 2 nitrogen and oxygen atoms in total. The van der Waals surface area contributed by atoms with Crippen LogP contribution in [-0.4, -0.2) is 8.42 Å². The fourth-order valence-electron chi connectivity index (χ4n) is 0.762. The minimum absolute atomic E-state index is 0.289. The SMILES string of the molecule is O=S(=O)(F)c1c(F)cc(F)cc1Br. The molecule has 0 atom stereocenters. The first-order valence-corrected chi connectivity index (χ1v) is 5.09. The third-order valence-corrected chi connectivity index (χ3v) is 3.00. The summed E-state index contributed by atoms with van der Waals surface area (Å²) in [5.41, 5.74) is 0. The molecule has 0 aliphatic carbocycles. The average molecular weight is 275 g/mol. The van der Waals surface area contributed by atoms with Crippen LogP contribution in [0.4, 0.5) is 12.7 Å². The van der Waals surface area contributed by atoms with Crippen LogP contribution in [0.1, 0.15) is 0 Å².